The number of benzene rings is 1. The maximum atomic E-state index is 12.4. The van der Waals surface area contributed by atoms with Crippen molar-refractivity contribution in [2.75, 3.05) is 11.1 Å². The van der Waals surface area contributed by atoms with Crippen molar-refractivity contribution in [1.82, 2.24) is 10.2 Å². The minimum Gasteiger partial charge on any atom is -0.461 e. The van der Waals surface area contributed by atoms with Crippen LogP contribution in [0.5, 0.6) is 0 Å². The Balaban J connectivity index is 1.45. The van der Waals surface area contributed by atoms with Crippen LogP contribution in [0.25, 0.3) is 0 Å². The molecule has 0 bridgehead atoms. The maximum absolute atomic E-state index is 12.4. The fraction of sp³-hybridized carbons (Fsp3) is 0.571. The lowest BCUT2D eigenvalue weighted by molar-refractivity contribution is -0.152. The van der Waals surface area contributed by atoms with Gasteiger partial charge in [-0.1, -0.05) is 80.6 Å². The Morgan fingerprint density at radius 3 is 2.82 bits per heavy atom. The van der Waals surface area contributed by atoms with Gasteiger partial charge in [0.05, 0.1) is 5.75 Å². The molecule has 0 spiro atoms. The van der Waals surface area contributed by atoms with Crippen LogP contribution in [0.2, 0.25) is 0 Å². The van der Waals surface area contributed by atoms with Gasteiger partial charge in [0.2, 0.25) is 5.13 Å². The Labute approximate surface area is 175 Å². The number of aromatic nitrogens is 2. The van der Waals surface area contributed by atoms with E-state index in [0.29, 0.717) is 24.3 Å². The van der Waals surface area contributed by atoms with E-state index in [1.165, 1.54) is 35.1 Å². The van der Waals surface area contributed by atoms with Gasteiger partial charge in [-0.3, -0.25) is 4.79 Å². The first-order valence-electron chi connectivity index (χ1n) is 9.95. The van der Waals surface area contributed by atoms with Gasteiger partial charge in [0.25, 0.3) is 0 Å². The van der Waals surface area contributed by atoms with Gasteiger partial charge in [0, 0.05) is 6.54 Å². The lowest BCUT2D eigenvalue weighted by atomic mass is 9.75. The van der Waals surface area contributed by atoms with Crippen molar-refractivity contribution in [2.45, 2.75) is 57.0 Å². The molecule has 5 nitrogen and oxygen atoms in total. The Kier molecular flexibility index (Phi) is 7.73. The largest absolute Gasteiger partial charge is 0.461 e. The second-order valence-electron chi connectivity index (χ2n) is 7.86. The number of thioether (sulfide) groups is 1. The number of anilines is 1. The third-order valence-electron chi connectivity index (χ3n) is 5.25. The number of ether oxygens (including phenoxy) is 1. The first kappa shape index (κ1) is 21.1. The molecule has 1 saturated carbocycles. The lowest BCUT2D eigenvalue weighted by Crippen LogP contribution is -2.36. The summed E-state index contributed by atoms with van der Waals surface area (Å²) in [5, 5.41) is 12.4. The number of hydrogen-bond acceptors (Lipinski definition) is 7. The Morgan fingerprint density at radius 2 is 2.07 bits per heavy atom. The molecule has 2 aromatic rings. The Morgan fingerprint density at radius 1 is 1.29 bits per heavy atom. The second kappa shape index (κ2) is 10.3. The summed E-state index contributed by atoms with van der Waals surface area (Å²) >= 11 is 2.87. The molecule has 0 amide bonds. The summed E-state index contributed by atoms with van der Waals surface area (Å²) in [7, 11) is 0. The lowest BCUT2D eigenvalue weighted by Gasteiger charge is -2.36. The summed E-state index contributed by atoms with van der Waals surface area (Å²) < 4.78 is 6.63. The highest BCUT2D eigenvalue weighted by Gasteiger charge is 2.33. The van der Waals surface area contributed by atoms with Crippen molar-refractivity contribution in [1.29, 1.82) is 0 Å². The van der Waals surface area contributed by atoms with Crippen LogP contribution in [-0.2, 0) is 16.1 Å². The van der Waals surface area contributed by atoms with Crippen molar-refractivity contribution in [3.63, 3.8) is 0 Å². The van der Waals surface area contributed by atoms with Gasteiger partial charge in [-0.25, -0.2) is 0 Å². The van der Waals surface area contributed by atoms with Crippen molar-refractivity contribution in [3.8, 4) is 0 Å². The molecule has 3 rings (SSSR count). The smallest absolute Gasteiger partial charge is 0.316 e. The van der Waals surface area contributed by atoms with Gasteiger partial charge in [0.1, 0.15) is 6.10 Å². The molecule has 1 aromatic heterocycles. The molecule has 1 aliphatic rings. The van der Waals surface area contributed by atoms with Gasteiger partial charge in [-0.05, 0) is 36.2 Å². The zero-order chi connectivity index (χ0) is 19.9. The molecule has 28 heavy (non-hydrogen) atoms. The van der Waals surface area contributed by atoms with E-state index in [0.717, 1.165) is 22.3 Å². The first-order valence-corrected chi connectivity index (χ1v) is 11.7. The molecule has 1 N–H and O–H groups in total. The molecule has 152 valence electrons. The number of carbonyl (C=O) groups is 1. The van der Waals surface area contributed by atoms with E-state index in [-0.39, 0.29) is 17.8 Å². The molecule has 7 heteroatoms. The monoisotopic (exact) mass is 419 g/mol. The highest BCUT2D eigenvalue weighted by atomic mass is 32.2. The summed E-state index contributed by atoms with van der Waals surface area (Å²) in [5.74, 6) is 1.77. The number of rotatable bonds is 8. The number of nitrogens with one attached hydrogen (secondary N) is 1. The number of carbonyl (C=O) groups excluding carboxylic acids is 1. The zero-order valence-corrected chi connectivity index (χ0v) is 18.4. The van der Waals surface area contributed by atoms with E-state index >= 15 is 0 Å². The van der Waals surface area contributed by atoms with E-state index in [4.69, 9.17) is 4.74 Å². The van der Waals surface area contributed by atoms with Crippen molar-refractivity contribution < 1.29 is 9.53 Å². The van der Waals surface area contributed by atoms with Gasteiger partial charge >= 0.3 is 5.97 Å². The molecule has 0 radical (unpaired) electrons. The fourth-order valence-corrected chi connectivity index (χ4v) is 5.22. The highest BCUT2D eigenvalue weighted by Crippen LogP contribution is 2.35. The van der Waals surface area contributed by atoms with Crippen LogP contribution in [0.3, 0.4) is 0 Å². The van der Waals surface area contributed by atoms with Crippen LogP contribution >= 0.6 is 23.1 Å². The zero-order valence-electron chi connectivity index (χ0n) is 16.8. The molecular weight excluding hydrogens is 390 g/mol. The number of hydrogen-bond donors (Lipinski definition) is 1. The summed E-state index contributed by atoms with van der Waals surface area (Å²) in [6, 6.07) is 10.2. The van der Waals surface area contributed by atoms with E-state index in [9.17, 15) is 4.79 Å². The SMILES string of the molecule is CC(C)[C@@H]1CC[C@@H](C)C[C@@H]1OC(=O)CSc1nnc(NCc2ccccc2)s1. The van der Waals surface area contributed by atoms with Gasteiger partial charge in [0.15, 0.2) is 4.34 Å². The topological polar surface area (TPSA) is 64.1 Å². The molecule has 1 heterocycles. The minimum absolute atomic E-state index is 0.0503. The average molecular weight is 420 g/mol. The van der Waals surface area contributed by atoms with Crippen LogP contribution < -0.4 is 5.32 Å². The second-order valence-corrected chi connectivity index (χ2v) is 10.1. The van der Waals surface area contributed by atoms with E-state index < -0.39 is 0 Å². The van der Waals surface area contributed by atoms with Gasteiger partial charge in [-0.2, -0.15) is 0 Å². The predicted octanol–water partition coefficient (Wildman–Crippen LogP) is 5.25. The number of esters is 1. The summed E-state index contributed by atoms with van der Waals surface area (Å²) in [4.78, 5) is 12.4. The average Bonchev–Trinajstić information content (AvgIpc) is 3.13. The normalized spacial score (nSPS) is 22.2. The van der Waals surface area contributed by atoms with Gasteiger partial charge < -0.3 is 10.1 Å². The quantitative estimate of drug-likeness (QED) is 0.466. The van der Waals surface area contributed by atoms with Crippen LogP contribution in [0, 0.1) is 17.8 Å². The van der Waals surface area contributed by atoms with E-state index in [1.807, 2.05) is 18.2 Å². The standard InChI is InChI=1S/C21H29N3O2S2/c1-14(2)17-10-9-15(3)11-18(17)26-19(25)13-27-21-24-23-20(28-21)22-12-16-7-5-4-6-8-16/h4-8,14-15,17-18H,9-13H2,1-3H3,(H,22,23)/t15-,17+,18+/m1/s1. The van der Waals surface area contributed by atoms with Crippen molar-refractivity contribution >= 4 is 34.2 Å². The van der Waals surface area contributed by atoms with Crippen LogP contribution in [0.4, 0.5) is 5.13 Å². The molecule has 3 atom stereocenters. The first-order chi connectivity index (χ1) is 13.5. The van der Waals surface area contributed by atoms with Crippen LogP contribution in [-0.4, -0.2) is 28.0 Å². The van der Waals surface area contributed by atoms with Crippen molar-refractivity contribution in [3.05, 3.63) is 35.9 Å². The Bertz CT molecular complexity index is 751. The minimum atomic E-state index is -0.149. The van der Waals surface area contributed by atoms with E-state index in [2.05, 4.69) is 48.4 Å². The molecular formula is C21H29N3O2S2. The molecule has 1 aliphatic carbocycles. The maximum Gasteiger partial charge on any atom is 0.316 e. The summed E-state index contributed by atoms with van der Waals surface area (Å²) in [6.07, 6.45) is 3.41. The van der Waals surface area contributed by atoms with Gasteiger partial charge in [-0.15, -0.1) is 10.2 Å². The molecule has 0 saturated heterocycles. The summed E-state index contributed by atoms with van der Waals surface area (Å²) in [5.41, 5.74) is 1.19. The molecule has 0 aliphatic heterocycles. The fourth-order valence-electron chi connectivity index (χ4n) is 3.69. The highest BCUT2D eigenvalue weighted by molar-refractivity contribution is 8.01. The Hall–Kier alpha value is -1.60. The summed E-state index contributed by atoms with van der Waals surface area (Å²) in [6.45, 7) is 7.40. The molecule has 1 aromatic carbocycles. The third-order valence-corrected chi connectivity index (χ3v) is 7.24. The number of nitrogens with zero attached hydrogens (tertiary/aromatic N) is 2. The predicted molar refractivity (Wildman–Crippen MR) is 116 cm³/mol. The third kappa shape index (κ3) is 6.21. The van der Waals surface area contributed by atoms with E-state index in [1.54, 1.807) is 0 Å². The van der Waals surface area contributed by atoms with Crippen LogP contribution in [0.15, 0.2) is 34.7 Å². The molecule has 0 unspecified atom stereocenters. The molecule has 1 fully saturated rings. The van der Waals surface area contributed by atoms with Crippen molar-refractivity contribution in [2.24, 2.45) is 17.8 Å². The van der Waals surface area contributed by atoms with Crippen LogP contribution in [0.1, 0.15) is 45.6 Å².